The van der Waals surface area contributed by atoms with Crippen LogP contribution in [0.25, 0.3) is 0 Å². The van der Waals surface area contributed by atoms with Gasteiger partial charge >= 0.3 is 0 Å². The lowest BCUT2D eigenvalue weighted by Crippen LogP contribution is -2.42. The van der Waals surface area contributed by atoms with E-state index in [4.69, 9.17) is 17.3 Å². The van der Waals surface area contributed by atoms with E-state index < -0.39 is 5.41 Å². The molecule has 0 aliphatic carbocycles. The zero-order valence-corrected chi connectivity index (χ0v) is 12.5. The fourth-order valence-electron chi connectivity index (χ4n) is 1.12. The van der Waals surface area contributed by atoms with Crippen molar-refractivity contribution in [3.8, 4) is 0 Å². The van der Waals surface area contributed by atoms with Gasteiger partial charge in [-0.2, -0.15) is 0 Å². The van der Waals surface area contributed by atoms with E-state index in [0.29, 0.717) is 6.54 Å². The topological polar surface area (TPSA) is 55.1 Å². The summed E-state index contributed by atoms with van der Waals surface area (Å²) in [5.74, 6) is -0.0352. The minimum absolute atomic E-state index is 0. The van der Waals surface area contributed by atoms with Crippen LogP contribution in [0.2, 0.25) is 4.34 Å². The van der Waals surface area contributed by atoms with Gasteiger partial charge in [-0.25, -0.2) is 0 Å². The van der Waals surface area contributed by atoms with Gasteiger partial charge in [0.15, 0.2) is 0 Å². The number of carbonyl (C=O) groups excluding carboxylic acids is 1. The molecule has 0 radical (unpaired) electrons. The van der Waals surface area contributed by atoms with Gasteiger partial charge in [0, 0.05) is 11.4 Å². The summed E-state index contributed by atoms with van der Waals surface area (Å²) in [6, 6.07) is 3.72. The van der Waals surface area contributed by atoms with E-state index in [1.807, 2.05) is 32.9 Å². The van der Waals surface area contributed by atoms with E-state index in [1.54, 1.807) is 0 Å². The van der Waals surface area contributed by atoms with Gasteiger partial charge in [0.25, 0.3) is 0 Å². The Hall–Kier alpha value is -0.290. The molecule has 0 spiro atoms. The van der Waals surface area contributed by atoms with Crippen LogP contribution in [-0.2, 0) is 4.79 Å². The maximum Gasteiger partial charge on any atom is 0.227 e. The molecule has 0 aromatic carbocycles. The average Bonchev–Trinajstić information content (AvgIpc) is 2.64. The first-order chi connectivity index (χ1) is 7.36. The van der Waals surface area contributed by atoms with Gasteiger partial charge in [0.05, 0.1) is 15.8 Å². The average molecular weight is 297 g/mol. The second-order valence-electron chi connectivity index (χ2n) is 4.43. The molecule has 0 bridgehead atoms. The van der Waals surface area contributed by atoms with Gasteiger partial charge in [0.2, 0.25) is 5.91 Å². The number of thiophene rings is 1. The van der Waals surface area contributed by atoms with E-state index in [2.05, 4.69) is 5.32 Å². The summed E-state index contributed by atoms with van der Waals surface area (Å²) in [6.45, 7) is 5.93. The standard InChI is InChI=1S/C11H17ClN2OS.ClH/c1-7(8-4-5-9(12)16-8)14-10(15)11(2,3)6-13;/h4-5,7H,6,13H2,1-3H3,(H,14,15);1H. The van der Waals surface area contributed by atoms with E-state index in [0.717, 1.165) is 9.21 Å². The number of amides is 1. The van der Waals surface area contributed by atoms with Gasteiger partial charge < -0.3 is 11.1 Å². The molecule has 1 aromatic heterocycles. The highest BCUT2D eigenvalue weighted by atomic mass is 35.5. The Bertz CT molecular complexity index is 379. The molecule has 0 saturated carbocycles. The number of nitrogens with two attached hydrogens (primary N) is 1. The molecule has 3 nitrogen and oxygen atoms in total. The summed E-state index contributed by atoms with van der Waals surface area (Å²) in [6.07, 6.45) is 0. The molecular weight excluding hydrogens is 279 g/mol. The smallest absolute Gasteiger partial charge is 0.227 e. The number of carbonyl (C=O) groups is 1. The third kappa shape index (κ3) is 4.47. The molecule has 1 aromatic rings. The minimum atomic E-state index is -0.532. The van der Waals surface area contributed by atoms with Crippen molar-refractivity contribution in [3.63, 3.8) is 0 Å². The molecule has 0 aliphatic rings. The Morgan fingerprint density at radius 2 is 2.18 bits per heavy atom. The highest BCUT2D eigenvalue weighted by Crippen LogP contribution is 2.27. The minimum Gasteiger partial charge on any atom is -0.348 e. The van der Waals surface area contributed by atoms with E-state index in [-0.39, 0.29) is 24.4 Å². The van der Waals surface area contributed by atoms with E-state index in [1.165, 1.54) is 11.3 Å². The first-order valence-corrected chi connectivity index (χ1v) is 6.32. The fourth-order valence-corrected chi connectivity index (χ4v) is 2.18. The van der Waals surface area contributed by atoms with Gasteiger partial charge in [-0.3, -0.25) is 4.79 Å². The van der Waals surface area contributed by atoms with Gasteiger partial charge in [0.1, 0.15) is 0 Å². The van der Waals surface area contributed by atoms with Crippen molar-refractivity contribution in [2.24, 2.45) is 11.1 Å². The van der Waals surface area contributed by atoms with Crippen molar-refractivity contribution in [3.05, 3.63) is 21.3 Å². The lowest BCUT2D eigenvalue weighted by Gasteiger charge is -2.23. The van der Waals surface area contributed by atoms with E-state index >= 15 is 0 Å². The molecule has 0 saturated heterocycles. The number of halogens is 2. The molecule has 1 atom stereocenters. The Balaban J connectivity index is 0.00000256. The first-order valence-electron chi connectivity index (χ1n) is 5.13. The summed E-state index contributed by atoms with van der Waals surface area (Å²) in [5, 5.41) is 2.93. The quantitative estimate of drug-likeness (QED) is 0.897. The summed E-state index contributed by atoms with van der Waals surface area (Å²) in [7, 11) is 0. The number of hydrogen-bond donors (Lipinski definition) is 2. The Morgan fingerprint density at radius 3 is 2.59 bits per heavy atom. The Labute approximate surface area is 117 Å². The third-order valence-electron chi connectivity index (χ3n) is 2.49. The number of rotatable bonds is 4. The van der Waals surface area contributed by atoms with Gasteiger partial charge in [-0.1, -0.05) is 11.6 Å². The highest BCUT2D eigenvalue weighted by molar-refractivity contribution is 7.16. The predicted molar refractivity (Wildman–Crippen MR) is 76.0 cm³/mol. The van der Waals surface area contributed by atoms with E-state index in [9.17, 15) is 4.79 Å². The zero-order chi connectivity index (χ0) is 12.3. The first kappa shape index (κ1) is 16.7. The second kappa shape index (κ2) is 6.59. The number of hydrogen-bond acceptors (Lipinski definition) is 3. The zero-order valence-electron chi connectivity index (χ0n) is 10.1. The van der Waals surface area contributed by atoms with Crippen molar-refractivity contribution >= 4 is 41.3 Å². The fraction of sp³-hybridized carbons (Fsp3) is 0.545. The summed E-state index contributed by atoms with van der Waals surface area (Å²) < 4.78 is 0.731. The molecule has 0 aliphatic heterocycles. The highest BCUT2D eigenvalue weighted by Gasteiger charge is 2.27. The van der Waals surface area contributed by atoms with Crippen LogP contribution in [0, 0.1) is 5.41 Å². The monoisotopic (exact) mass is 296 g/mol. The lowest BCUT2D eigenvalue weighted by atomic mass is 9.92. The molecule has 1 rings (SSSR count). The van der Waals surface area contributed by atoms with Crippen LogP contribution in [-0.4, -0.2) is 12.5 Å². The van der Waals surface area contributed by atoms with Crippen molar-refractivity contribution < 1.29 is 4.79 Å². The van der Waals surface area contributed by atoms with Crippen LogP contribution in [0.5, 0.6) is 0 Å². The van der Waals surface area contributed by atoms with Crippen molar-refractivity contribution in [1.29, 1.82) is 0 Å². The molecule has 1 unspecified atom stereocenters. The van der Waals surface area contributed by atoms with Crippen LogP contribution in [0.1, 0.15) is 31.7 Å². The Morgan fingerprint density at radius 1 is 1.59 bits per heavy atom. The summed E-state index contributed by atoms with van der Waals surface area (Å²) in [4.78, 5) is 12.9. The van der Waals surface area contributed by atoms with Crippen molar-refractivity contribution in [2.75, 3.05) is 6.54 Å². The normalized spacial score (nSPS) is 12.8. The second-order valence-corrected chi connectivity index (χ2v) is 6.17. The lowest BCUT2D eigenvalue weighted by molar-refractivity contribution is -0.129. The molecule has 0 fully saturated rings. The van der Waals surface area contributed by atoms with Crippen LogP contribution in [0.3, 0.4) is 0 Å². The molecule has 1 heterocycles. The van der Waals surface area contributed by atoms with Crippen LogP contribution in [0.4, 0.5) is 0 Å². The molecule has 1 amide bonds. The third-order valence-corrected chi connectivity index (χ3v) is 3.91. The molecule has 3 N–H and O–H groups in total. The molecule has 17 heavy (non-hydrogen) atoms. The largest absolute Gasteiger partial charge is 0.348 e. The molecule has 6 heteroatoms. The SMILES string of the molecule is CC(NC(=O)C(C)(C)CN)c1ccc(Cl)s1.Cl. The maximum atomic E-state index is 11.9. The summed E-state index contributed by atoms with van der Waals surface area (Å²) in [5.41, 5.74) is 5.01. The van der Waals surface area contributed by atoms with Crippen molar-refractivity contribution in [2.45, 2.75) is 26.8 Å². The van der Waals surface area contributed by atoms with Crippen LogP contribution < -0.4 is 11.1 Å². The van der Waals surface area contributed by atoms with Gasteiger partial charge in [-0.05, 0) is 32.9 Å². The predicted octanol–water partition coefficient (Wildman–Crippen LogP) is 2.99. The molecule has 98 valence electrons. The van der Waals surface area contributed by atoms with Gasteiger partial charge in [-0.15, -0.1) is 23.7 Å². The van der Waals surface area contributed by atoms with Crippen LogP contribution in [0.15, 0.2) is 12.1 Å². The van der Waals surface area contributed by atoms with Crippen molar-refractivity contribution in [1.82, 2.24) is 5.32 Å². The number of nitrogens with one attached hydrogen (secondary N) is 1. The Kier molecular flexibility index (Phi) is 6.48. The molecular formula is C11H18Cl2N2OS. The summed E-state index contributed by atoms with van der Waals surface area (Å²) >= 11 is 7.32. The maximum absolute atomic E-state index is 11.9. The van der Waals surface area contributed by atoms with Crippen LogP contribution >= 0.6 is 35.3 Å².